The van der Waals surface area contributed by atoms with Gasteiger partial charge in [0.1, 0.15) is 0 Å². The summed E-state index contributed by atoms with van der Waals surface area (Å²) >= 11 is 0. The summed E-state index contributed by atoms with van der Waals surface area (Å²) in [6.45, 7) is 8.08. The van der Waals surface area contributed by atoms with Crippen molar-refractivity contribution in [2.45, 2.75) is 58.0 Å². The van der Waals surface area contributed by atoms with E-state index in [-0.39, 0.29) is 6.10 Å². The molecule has 0 aliphatic carbocycles. The zero-order chi connectivity index (χ0) is 12.3. The van der Waals surface area contributed by atoms with Gasteiger partial charge in [0.05, 0.1) is 6.10 Å². The molecule has 2 N–H and O–H groups in total. The molecule has 0 radical (unpaired) electrons. The smallest absolute Gasteiger partial charge is 0.0540 e. The Morgan fingerprint density at radius 2 is 1.71 bits per heavy atom. The number of aliphatic hydroxyl groups excluding tert-OH is 1. The fourth-order valence-electron chi connectivity index (χ4n) is 2.42. The van der Waals surface area contributed by atoms with Crippen LogP contribution in [0.25, 0.3) is 0 Å². The molecular weight excluding hydrogens is 212 g/mol. The van der Waals surface area contributed by atoms with Gasteiger partial charge in [-0.2, -0.15) is 0 Å². The highest BCUT2D eigenvalue weighted by Crippen LogP contribution is 2.10. The summed E-state index contributed by atoms with van der Waals surface area (Å²) in [5, 5.41) is 13.2. The van der Waals surface area contributed by atoms with Gasteiger partial charge in [-0.05, 0) is 32.2 Å². The van der Waals surface area contributed by atoms with E-state index in [2.05, 4.69) is 17.1 Å². The van der Waals surface area contributed by atoms with Crippen LogP contribution in [0.5, 0.6) is 0 Å². The lowest BCUT2D eigenvalue weighted by Gasteiger charge is -2.27. The average Bonchev–Trinajstić information content (AvgIpc) is 2.36. The second-order valence-electron chi connectivity index (χ2n) is 5.24. The molecule has 1 rings (SSSR count). The number of nitrogens with one attached hydrogen (secondary N) is 1. The second kappa shape index (κ2) is 9.86. The molecule has 1 heterocycles. The van der Waals surface area contributed by atoms with E-state index in [4.69, 9.17) is 0 Å². The third kappa shape index (κ3) is 7.74. The van der Waals surface area contributed by atoms with Gasteiger partial charge in [-0.25, -0.2) is 0 Å². The number of unbranched alkanes of at least 4 members (excludes halogenated alkanes) is 3. The minimum absolute atomic E-state index is 0.0513. The van der Waals surface area contributed by atoms with E-state index in [9.17, 15) is 5.11 Å². The number of nitrogens with zero attached hydrogens (tertiary/aromatic N) is 1. The monoisotopic (exact) mass is 242 g/mol. The van der Waals surface area contributed by atoms with Crippen LogP contribution in [0.1, 0.15) is 51.9 Å². The van der Waals surface area contributed by atoms with Crippen LogP contribution >= 0.6 is 0 Å². The average molecular weight is 242 g/mol. The van der Waals surface area contributed by atoms with Crippen molar-refractivity contribution in [1.82, 2.24) is 10.2 Å². The molecule has 1 aliphatic heterocycles. The van der Waals surface area contributed by atoms with Gasteiger partial charge in [-0.3, -0.25) is 0 Å². The lowest BCUT2D eigenvalue weighted by molar-refractivity contribution is 0.144. The maximum atomic E-state index is 9.79. The van der Waals surface area contributed by atoms with Crippen LogP contribution in [-0.2, 0) is 0 Å². The highest BCUT2D eigenvalue weighted by Gasteiger charge is 2.09. The zero-order valence-electron chi connectivity index (χ0n) is 11.5. The van der Waals surface area contributed by atoms with Gasteiger partial charge in [0.15, 0.2) is 0 Å². The van der Waals surface area contributed by atoms with Crippen LogP contribution < -0.4 is 5.32 Å². The number of aliphatic hydroxyl groups is 1. The minimum Gasteiger partial charge on any atom is -0.393 e. The van der Waals surface area contributed by atoms with Crippen LogP contribution in [0, 0.1) is 0 Å². The first-order chi connectivity index (χ1) is 8.33. The van der Waals surface area contributed by atoms with Gasteiger partial charge in [-0.15, -0.1) is 0 Å². The van der Waals surface area contributed by atoms with Crippen LogP contribution in [0.15, 0.2) is 0 Å². The van der Waals surface area contributed by atoms with Crippen molar-refractivity contribution in [2.75, 3.05) is 32.7 Å². The highest BCUT2D eigenvalue weighted by molar-refractivity contribution is 4.67. The second-order valence-corrected chi connectivity index (χ2v) is 5.24. The largest absolute Gasteiger partial charge is 0.393 e. The fraction of sp³-hybridized carbons (Fsp3) is 1.00. The van der Waals surface area contributed by atoms with Crippen LogP contribution in [0.3, 0.4) is 0 Å². The zero-order valence-corrected chi connectivity index (χ0v) is 11.5. The molecule has 1 atom stereocenters. The molecule has 0 spiro atoms. The highest BCUT2D eigenvalue weighted by atomic mass is 16.3. The quantitative estimate of drug-likeness (QED) is 0.607. The SMILES string of the molecule is CCCCC[C@@H](O)CCCCN1CCNCC1. The molecule has 102 valence electrons. The molecule has 3 nitrogen and oxygen atoms in total. The first-order valence-corrected chi connectivity index (χ1v) is 7.44. The van der Waals surface area contributed by atoms with E-state index in [0.29, 0.717) is 0 Å². The van der Waals surface area contributed by atoms with Crippen LogP contribution in [-0.4, -0.2) is 48.8 Å². The summed E-state index contributed by atoms with van der Waals surface area (Å²) in [5.41, 5.74) is 0. The van der Waals surface area contributed by atoms with E-state index in [0.717, 1.165) is 25.9 Å². The lowest BCUT2D eigenvalue weighted by atomic mass is 10.1. The Morgan fingerprint density at radius 3 is 2.35 bits per heavy atom. The standard InChI is InChI=1S/C14H30N2O/c1-2-3-4-7-14(17)8-5-6-11-16-12-9-15-10-13-16/h14-15,17H,2-13H2,1H3/t14-/m1/s1. The molecule has 0 aromatic carbocycles. The van der Waals surface area contributed by atoms with Gasteiger partial charge in [0, 0.05) is 26.2 Å². The molecule has 0 aromatic rings. The normalized spacial score (nSPS) is 19.4. The Hall–Kier alpha value is -0.120. The van der Waals surface area contributed by atoms with E-state index in [1.165, 1.54) is 51.7 Å². The Bertz CT molecular complexity index is 170. The van der Waals surface area contributed by atoms with Crippen molar-refractivity contribution >= 4 is 0 Å². The maximum absolute atomic E-state index is 9.79. The minimum atomic E-state index is -0.0513. The Balaban J connectivity index is 1.88. The van der Waals surface area contributed by atoms with E-state index >= 15 is 0 Å². The number of rotatable bonds is 9. The number of hydrogen-bond donors (Lipinski definition) is 2. The molecular formula is C14H30N2O. The van der Waals surface area contributed by atoms with Crippen LogP contribution in [0.2, 0.25) is 0 Å². The summed E-state index contributed by atoms with van der Waals surface area (Å²) in [6.07, 6.45) is 8.06. The summed E-state index contributed by atoms with van der Waals surface area (Å²) in [7, 11) is 0. The van der Waals surface area contributed by atoms with Gasteiger partial charge in [0.25, 0.3) is 0 Å². The van der Waals surface area contributed by atoms with Crippen molar-refractivity contribution in [3.63, 3.8) is 0 Å². The number of piperazine rings is 1. The van der Waals surface area contributed by atoms with Gasteiger partial charge >= 0.3 is 0 Å². The lowest BCUT2D eigenvalue weighted by Crippen LogP contribution is -2.43. The Kier molecular flexibility index (Phi) is 8.67. The topological polar surface area (TPSA) is 35.5 Å². The molecule has 17 heavy (non-hydrogen) atoms. The fourth-order valence-corrected chi connectivity index (χ4v) is 2.42. The first-order valence-electron chi connectivity index (χ1n) is 7.44. The Labute approximate surface area is 107 Å². The van der Waals surface area contributed by atoms with E-state index < -0.39 is 0 Å². The summed E-state index contributed by atoms with van der Waals surface area (Å²) in [4.78, 5) is 2.53. The number of hydrogen-bond acceptors (Lipinski definition) is 3. The molecule has 0 saturated carbocycles. The van der Waals surface area contributed by atoms with Crippen LogP contribution in [0.4, 0.5) is 0 Å². The molecule has 0 aromatic heterocycles. The molecule has 1 fully saturated rings. The van der Waals surface area contributed by atoms with Crippen molar-refractivity contribution in [3.8, 4) is 0 Å². The molecule has 0 bridgehead atoms. The van der Waals surface area contributed by atoms with Crippen molar-refractivity contribution < 1.29 is 5.11 Å². The third-order valence-corrected chi connectivity index (χ3v) is 3.61. The predicted octanol–water partition coefficient (Wildman–Crippen LogP) is 2.00. The first kappa shape index (κ1) is 14.9. The molecule has 1 saturated heterocycles. The van der Waals surface area contributed by atoms with Crippen molar-refractivity contribution in [3.05, 3.63) is 0 Å². The van der Waals surface area contributed by atoms with E-state index in [1.54, 1.807) is 0 Å². The Morgan fingerprint density at radius 1 is 1.06 bits per heavy atom. The predicted molar refractivity (Wildman–Crippen MR) is 73.3 cm³/mol. The molecule has 1 aliphatic rings. The van der Waals surface area contributed by atoms with Crippen molar-refractivity contribution in [2.24, 2.45) is 0 Å². The van der Waals surface area contributed by atoms with E-state index in [1.807, 2.05) is 0 Å². The summed E-state index contributed by atoms with van der Waals surface area (Å²) < 4.78 is 0. The summed E-state index contributed by atoms with van der Waals surface area (Å²) in [5.74, 6) is 0. The van der Waals surface area contributed by atoms with Gasteiger partial charge in [-0.1, -0.05) is 26.2 Å². The molecule has 0 unspecified atom stereocenters. The summed E-state index contributed by atoms with van der Waals surface area (Å²) in [6, 6.07) is 0. The molecule has 3 heteroatoms. The van der Waals surface area contributed by atoms with Gasteiger partial charge < -0.3 is 15.3 Å². The maximum Gasteiger partial charge on any atom is 0.0540 e. The van der Waals surface area contributed by atoms with Crippen molar-refractivity contribution in [1.29, 1.82) is 0 Å². The molecule has 0 amide bonds. The third-order valence-electron chi connectivity index (χ3n) is 3.61. The van der Waals surface area contributed by atoms with Gasteiger partial charge in [0.2, 0.25) is 0 Å².